The second-order valence-corrected chi connectivity index (χ2v) is 3.08. The van der Waals surface area contributed by atoms with Crippen LogP contribution in [0.15, 0.2) is 12.1 Å². The van der Waals surface area contributed by atoms with E-state index in [-0.39, 0.29) is 5.82 Å². The zero-order chi connectivity index (χ0) is 10.6. The van der Waals surface area contributed by atoms with Gasteiger partial charge >= 0.3 is 0 Å². The van der Waals surface area contributed by atoms with Gasteiger partial charge in [0.2, 0.25) is 0 Å². The molecule has 0 fully saturated rings. The summed E-state index contributed by atoms with van der Waals surface area (Å²) in [5.41, 5.74) is 1.10. The average molecular weight is 193 g/mol. The van der Waals surface area contributed by atoms with Gasteiger partial charge in [0.05, 0.1) is 13.2 Å². The Balaban J connectivity index is 3.02. The Kier molecular flexibility index (Phi) is 3.47. The quantitative estimate of drug-likeness (QED) is 0.739. The summed E-state index contributed by atoms with van der Waals surface area (Å²) < 4.78 is 18.5. The molecule has 0 N–H and O–H groups in total. The highest BCUT2D eigenvalue weighted by Crippen LogP contribution is 2.21. The largest absolute Gasteiger partial charge is 0.497 e. The Labute approximate surface area is 82.9 Å². The first-order valence-corrected chi connectivity index (χ1v) is 4.39. The summed E-state index contributed by atoms with van der Waals surface area (Å²) in [6.45, 7) is 1.69. The van der Waals surface area contributed by atoms with E-state index >= 15 is 0 Å². The zero-order valence-electron chi connectivity index (χ0n) is 8.30. The van der Waals surface area contributed by atoms with Crippen molar-refractivity contribution in [3.8, 4) is 11.8 Å². The highest BCUT2D eigenvalue weighted by Gasteiger charge is 2.07. The third kappa shape index (κ3) is 2.23. The fraction of sp³-hybridized carbons (Fsp3) is 0.364. The average Bonchev–Trinajstić information content (AvgIpc) is 2.20. The minimum absolute atomic E-state index is 0.235. The van der Waals surface area contributed by atoms with Crippen molar-refractivity contribution in [2.45, 2.75) is 19.8 Å². The molecule has 0 atom stereocenters. The summed E-state index contributed by atoms with van der Waals surface area (Å²) in [7, 11) is 1.54. The van der Waals surface area contributed by atoms with Crippen molar-refractivity contribution in [1.29, 1.82) is 5.26 Å². The first-order chi connectivity index (χ1) is 6.69. The van der Waals surface area contributed by atoms with E-state index in [1.165, 1.54) is 0 Å². The number of methoxy groups -OCH3 is 1. The van der Waals surface area contributed by atoms with E-state index in [4.69, 9.17) is 10.00 Å². The fourth-order valence-electron chi connectivity index (χ4n) is 1.30. The minimum Gasteiger partial charge on any atom is -0.497 e. The Morgan fingerprint density at radius 2 is 2.21 bits per heavy atom. The lowest BCUT2D eigenvalue weighted by molar-refractivity contribution is 0.412. The Bertz CT molecular complexity index is 368. The van der Waals surface area contributed by atoms with E-state index in [1.807, 2.05) is 6.07 Å². The van der Waals surface area contributed by atoms with Gasteiger partial charge in [-0.05, 0) is 36.6 Å². The van der Waals surface area contributed by atoms with Gasteiger partial charge in [0.1, 0.15) is 11.6 Å². The van der Waals surface area contributed by atoms with Crippen LogP contribution >= 0.6 is 0 Å². The first-order valence-electron chi connectivity index (χ1n) is 4.39. The summed E-state index contributed by atoms with van der Waals surface area (Å²) in [5.74, 6) is 0.401. The predicted molar refractivity (Wildman–Crippen MR) is 51.6 cm³/mol. The molecule has 74 valence electrons. The lowest BCUT2D eigenvalue weighted by atomic mass is 10.1. The van der Waals surface area contributed by atoms with Crippen molar-refractivity contribution in [2.75, 3.05) is 7.11 Å². The Hall–Kier alpha value is -1.56. The topological polar surface area (TPSA) is 33.0 Å². The van der Waals surface area contributed by atoms with Gasteiger partial charge in [-0.1, -0.05) is 0 Å². The van der Waals surface area contributed by atoms with Gasteiger partial charge in [-0.2, -0.15) is 5.26 Å². The van der Waals surface area contributed by atoms with Gasteiger partial charge in [-0.25, -0.2) is 4.39 Å². The third-order valence-electron chi connectivity index (χ3n) is 2.05. The molecule has 2 nitrogen and oxygen atoms in total. The number of ether oxygens (including phenoxy) is 1. The number of aryl methyl sites for hydroxylation is 2. The van der Waals surface area contributed by atoms with Crippen LogP contribution in [-0.4, -0.2) is 7.11 Å². The van der Waals surface area contributed by atoms with E-state index in [2.05, 4.69) is 0 Å². The molecule has 0 aliphatic rings. The molecular weight excluding hydrogens is 181 g/mol. The summed E-state index contributed by atoms with van der Waals surface area (Å²) in [4.78, 5) is 0. The van der Waals surface area contributed by atoms with Gasteiger partial charge in [0.15, 0.2) is 0 Å². The second kappa shape index (κ2) is 4.61. The fourth-order valence-corrected chi connectivity index (χ4v) is 1.30. The smallest absolute Gasteiger partial charge is 0.129 e. The van der Waals surface area contributed by atoms with Crippen LogP contribution in [0.25, 0.3) is 0 Å². The molecule has 3 heteroatoms. The summed E-state index contributed by atoms with van der Waals surface area (Å²) >= 11 is 0. The van der Waals surface area contributed by atoms with E-state index < -0.39 is 0 Å². The number of halogens is 1. The van der Waals surface area contributed by atoms with Crippen LogP contribution in [0.1, 0.15) is 17.5 Å². The molecule has 0 bridgehead atoms. The first kappa shape index (κ1) is 10.5. The summed E-state index contributed by atoms with van der Waals surface area (Å²) in [6.07, 6.45) is 0.754. The van der Waals surface area contributed by atoms with Crippen molar-refractivity contribution in [3.05, 3.63) is 29.1 Å². The molecule has 1 aromatic rings. The molecule has 0 aliphatic carbocycles. The van der Waals surface area contributed by atoms with Gasteiger partial charge in [-0.15, -0.1) is 0 Å². The van der Waals surface area contributed by atoms with Crippen molar-refractivity contribution in [1.82, 2.24) is 0 Å². The molecule has 0 radical (unpaired) electrons. The maximum Gasteiger partial charge on any atom is 0.129 e. The van der Waals surface area contributed by atoms with Crippen molar-refractivity contribution < 1.29 is 9.13 Å². The van der Waals surface area contributed by atoms with Crippen molar-refractivity contribution >= 4 is 0 Å². The van der Waals surface area contributed by atoms with E-state index in [1.54, 1.807) is 26.2 Å². The van der Waals surface area contributed by atoms with Crippen LogP contribution in [-0.2, 0) is 6.42 Å². The Morgan fingerprint density at radius 1 is 1.50 bits per heavy atom. The van der Waals surface area contributed by atoms with Crippen LogP contribution in [0.4, 0.5) is 4.39 Å². The Morgan fingerprint density at radius 3 is 2.79 bits per heavy atom. The molecule has 0 unspecified atom stereocenters. The molecule has 0 aromatic heterocycles. The highest BCUT2D eigenvalue weighted by molar-refractivity contribution is 5.35. The minimum atomic E-state index is -0.235. The van der Waals surface area contributed by atoms with E-state index in [0.29, 0.717) is 29.7 Å². The third-order valence-corrected chi connectivity index (χ3v) is 2.05. The molecule has 0 aliphatic heterocycles. The number of hydrogen-bond acceptors (Lipinski definition) is 2. The van der Waals surface area contributed by atoms with Crippen molar-refractivity contribution in [2.24, 2.45) is 0 Å². The summed E-state index contributed by atoms with van der Waals surface area (Å²) in [6, 6.07) is 5.28. The van der Waals surface area contributed by atoms with Crippen LogP contribution in [0, 0.1) is 24.1 Å². The standard InChI is InChI=1S/C11H12FNO/c1-8-6-10(14-2)7-9(11(8)12)4-3-5-13/h6-7H,3-4H2,1-2H3. The molecule has 14 heavy (non-hydrogen) atoms. The maximum absolute atomic E-state index is 13.5. The number of nitriles is 1. The molecule has 0 saturated carbocycles. The van der Waals surface area contributed by atoms with Crippen molar-refractivity contribution in [3.63, 3.8) is 0 Å². The van der Waals surface area contributed by atoms with Gasteiger partial charge < -0.3 is 4.74 Å². The molecule has 1 aromatic carbocycles. The molecule has 0 amide bonds. The van der Waals surface area contributed by atoms with Crippen LogP contribution < -0.4 is 4.74 Å². The molecule has 1 rings (SSSR count). The molecule has 0 saturated heterocycles. The second-order valence-electron chi connectivity index (χ2n) is 3.08. The summed E-state index contributed by atoms with van der Waals surface area (Å²) in [5, 5.41) is 8.41. The lowest BCUT2D eigenvalue weighted by Crippen LogP contribution is -1.95. The molecular formula is C11H12FNO. The predicted octanol–water partition coefficient (Wildman–Crippen LogP) is 2.60. The number of rotatable bonds is 3. The molecule has 0 heterocycles. The van der Waals surface area contributed by atoms with Gasteiger partial charge in [0, 0.05) is 6.42 Å². The van der Waals surface area contributed by atoms with E-state index in [9.17, 15) is 4.39 Å². The van der Waals surface area contributed by atoms with Gasteiger partial charge in [-0.3, -0.25) is 0 Å². The SMILES string of the molecule is COc1cc(C)c(F)c(CCC#N)c1. The highest BCUT2D eigenvalue weighted by atomic mass is 19.1. The van der Waals surface area contributed by atoms with Crippen LogP contribution in [0.2, 0.25) is 0 Å². The number of hydrogen-bond donors (Lipinski definition) is 0. The van der Waals surface area contributed by atoms with Crippen LogP contribution in [0.3, 0.4) is 0 Å². The number of nitrogens with zero attached hydrogens (tertiary/aromatic N) is 1. The van der Waals surface area contributed by atoms with Gasteiger partial charge in [0.25, 0.3) is 0 Å². The lowest BCUT2D eigenvalue weighted by Gasteiger charge is -2.07. The number of benzene rings is 1. The molecule has 0 spiro atoms. The maximum atomic E-state index is 13.5. The van der Waals surface area contributed by atoms with Crippen LogP contribution in [0.5, 0.6) is 5.75 Å². The van der Waals surface area contributed by atoms with E-state index in [0.717, 1.165) is 0 Å². The zero-order valence-corrected chi connectivity index (χ0v) is 8.30. The monoisotopic (exact) mass is 193 g/mol. The normalized spacial score (nSPS) is 9.57.